The number of carbonyl (C=O) groups excluding carboxylic acids is 5. The van der Waals surface area contributed by atoms with Crippen molar-refractivity contribution in [2.45, 2.75) is 71.3 Å². The van der Waals surface area contributed by atoms with E-state index in [2.05, 4.69) is 10.6 Å². The molecule has 0 spiro atoms. The molecule has 186 valence electrons. The first kappa shape index (κ1) is 26.6. The van der Waals surface area contributed by atoms with Crippen molar-refractivity contribution in [1.29, 1.82) is 0 Å². The molecular weight excluding hydrogens is 448 g/mol. The van der Waals surface area contributed by atoms with Crippen LogP contribution >= 0.6 is 0 Å². The Kier molecular flexibility index (Phi) is 9.40. The number of ether oxygens (including phenoxy) is 3. The van der Waals surface area contributed by atoms with Gasteiger partial charge in [-0.3, -0.25) is 19.2 Å². The summed E-state index contributed by atoms with van der Waals surface area (Å²) < 4.78 is 16.4. The van der Waals surface area contributed by atoms with Crippen LogP contribution in [0.2, 0.25) is 0 Å². The number of amides is 2. The number of hydrogen-bond donors (Lipinski definition) is 3. The van der Waals surface area contributed by atoms with Crippen molar-refractivity contribution in [3.05, 3.63) is 23.8 Å². The van der Waals surface area contributed by atoms with Crippen LogP contribution in [0, 0.1) is 5.92 Å². The van der Waals surface area contributed by atoms with E-state index in [0.29, 0.717) is 12.8 Å². The highest BCUT2D eigenvalue weighted by atomic mass is 16.6. The number of para-hydroxylation sites is 1. The molecule has 1 aliphatic heterocycles. The Hall–Kier alpha value is -3.63. The van der Waals surface area contributed by atoms with E-state index < -0.39 is 59.8 Å². The number of aromatic hydroxyl groups is 1. The molecule has 2 amide bonds. The van der Waals surface area contributed by atoms with E-state index in [-0.39, 0.29) is 24.1 Å². The quantitative estimate of drug-likeness (QED) is 0.219. The highest BCUT2D eigenvalue weighted by molar-refractivity contribution is 6.01. The number of anilines is 1. The zero-order valence-corrected chi connectivity index (χ0v) is 19.5. The van der Waals surface area contributed by atoms with Gasteiger partial charge in [-0.15, -0.1) is 0 Å². The summed E-state index contributed by atoms with van der Waals surface area (Å²) in [7, 11) is 0. The molecule has 0 bridgehead atoms. The maximum Gasteiger partial charge on any atom is 0.332 e. The fourth-order valence-corrected chi connectivity index (χ4v) is 3.61. The van der Waals surface area contributed by atoms with Gasteiger partial charge in [0.1, 0.15) is 12.2 Å². The molecule has 3 N–H and O–H groups in total. The van der Waals surface area contributed by atoms with Crippen LogP contribution in [0.25, 0.3) is 0 Å². The molecule has 1 aromatic carbocycles. The topological polar surface area (TPSA) is 157 Å². The average Bonchev–Trinajstić information content (AvgIpc) is 2.80. The molecule has 1 saturated heterocycles. The molecule has 0 radical (unpaired) electrons. The lowest BCUT2D eigenvalue weighted by atomic mass is 9.95. The van der Waals surface area contributed by atoms with Crippen LogP contribution < -0.4 is 10.6 Å². The minimum atomic E-state index is -1.41. The molecule has 11 heteroatoms. The van der Waals surface area contributed by atoms with Crippen LogP contribution in [0.1, 0.15) is 57.3 Å². The molecule has 1 aliphatic rings. The smallest absolute Gasteiger partial charge is 0.332 e. The van der Waals surface area contributed by atoms with Crippen molar-refractivity contribution in [2.75, 3.05) is 5.32 Å². The van der Waals surface area contributed by atoms with Gasteiger partial charge in [-0.2, -0.15) is 0 Å². The highest BCUT2D eigenvalue weighted by Crippen LogP contribution is 2.28. The largest absolute Gasteiger partial charge is 0.505 e. The Morgan fingerprint density at radius 1 is 1.12 bits per heavy atom. The van der Waals surface area contributed by atoms with E-state index >= 15 is 0 Å². The first-order chi connectivity index (χ1) is 16.1. The van der Waals surface area contributed by atoms with Crippen LogP contribution in [0.5, 0.6) is 5.75 Å². The van der Waals surface area contributed by atoms with Crippen molar-refractivity contribution in [3.63, 3.8) is 0 Å². The van der Waals surface area contributed by atoms with Gasteiger partial charge in [0.25, 0.3) is 5.91 Å². The Morgan fingerprint density at radius 2 is 1.79 bits per heavy atom. The lowest BCUT2D eigenvalue weighted by molar-refractivity contribution is -0.174. The number of carbonyl (C=O) groups is 5. The van der Waals surface area contributed by atoms with Crippen LogP contribution in [0.4, 0.5) is 5.69 Å². The summed E-state index contributed by atoms with van der Waals surface area (Å²) in [6.07, 6.45) is -1.90. The summed E-state index contributed by atoms with van der Waals surface area (Å²) in [6, 6.07) is 2.68. The molecule has 0 aliphatic carbocycles. The second kappa shape index (κ2) is 12.0. The van der Waals surface area contributed by atoms with E-state index in [1.165, 1.54) is 32.0 Å². The van der Waals surface area contributed by atoms with Gasteiger partial charge >= 0.3 is 17.9 Å². The summed E-state index contributed by atoms with van der Waals surface area (Å²) in [5.74, 6) is -4.38. The molecule has 1 fully saturated rings. The normalized spacial score (nSPS) is 25.0. The standard InChI is InChI=1S/C23H30N2O9/c1-5-8-17(27)34-20-13(4)33-23(31)18(12(3)32-22(30)14(20)6-2)25-21(29)15-9-7-10-16(19(15)28)24-11-26/h7,9-14,18,20,28H,5-6,8H2,1-4H3,(H,24,26)(H,25,29). The van der Waals surface area contributed by atoms with Gasteiger partial charge in [0, 0.05) is 6.42 Å². The molecular formula is C23H30N2O9. The molecule has 1 aromatic rings. The first-order valence-corrected chi connectivity index (χ1v) is 11.1. The summed E-state index contributed by atoms with van der Waals surface area (Å²) >= 11 is 0. The van der Waals surface area contributed by atoms with Crippen LogP contribution in [-0.2, 0) is 33.4 Å². The first-order valence-electron chi connectivity index (χ1n) is 11.1. The lowest BCUT2D eigenvalue weighted by Gasteiger charge is -2.28. The SMILES string of the molecule is CCCC(=O)OC1C(C)OC(=O)C(NC(=O)c2cccc(NC=O)c2O)C(C)OC(=O)C1CC. The Balaban J connectivity index is 2.31. The van der Waals surface area contributed by atoms with Crippen LogP contribution in [0.15, 0.2) is 18.2 Å². The summed E-state index contributed by atoms with van der Waals surface area (Å²) in [6.45, 7) is 6.42. The van der Waals surface area contributed by atoms with E-state index in [0.717, 1.165) is 0 Å². The summed E-state index contributed by atoms with van der Waals surface area (Å²) in [4.78, 5) is 61.4. The third-order valence-electron chi connectivity index (χ3n) is 5.43. The second-order valence-electron chi connectivity index (χ2n) is 7.92. The molecule has 34 heavy (non-hydrogen) atoms. The number of esters is 3. The summed E-state index contributed by atoms with van der Waals surface area (Å²) in [5, 5.41) is 15.0. The van der Waals surface area contributed by atoms with E-state index in [1.807, 2.05) is 0 Å². The van der Waals surface area contributed by atoms with Crippen molar-refractivity contribution in [3.8, 4) is 5.75 Å². The van der Waals surface area contributed by atoms with Gasteiger partial charge in [-0.1, -0.05) is 19.9 Å². The van der Waals surface area contributed by atoms with Crippen molar-refractivity contribution >= 4 is 35.9 Å². The van der Waals surface area contributed by atoms with Gasteiger partial charge in [0.05, 0.1) is 17.2 Å². The number of phenols is 1. The number of phenolic OH excluding ortho intramolecular Hbond substituents is 1. The van der Waals surface area contributed by atoms with Gasteiger partial charge in [-0.25, -0.2) is 4.79 Å². The Bertz CT molecular complexity index is 933. The number of rotatable bonds is 8. The average molecular weight is 478 g/mol. The number of nitrogens with one attached hydrogen (secondary N) is 2. The van der Waals surface area contributed by atoms with Gasteiger partial charge < -0.3 is 30.0 Å². The molecule has 5 unspecified atom stereocenters. The summed E-state index contributed by atoms with van der Waals surface area (Å²) in [5.41, 5.74) is -0.223. The number of hydrogen-bond acceptors (Lipinski definition) is 9. The lowest BCUT2D eigenvalue weighted by Crippen LogP contribution is -2.50. The molecule has 1 heterocycles. The Morgan fingerprint density at radius 3 is 2.41 bits per heavy atom. The predicted molar refractivity (Wildman–Crippen MR) is 119 cm³/mol. The van der Waals surface area contributed by atoms with Gasteiger partial charge in [0.15, 0.2) is 17.9 Å². The minimum Gasteiger partial charge on any atom is -0.505 e. The predicted octanol–water partition coefficient (Wildman–Crippen LogP) is 1.67. The van der Waals surface area contributed by atoms with Crippen molar-refractivity contribution < 1.29 is 43.3 Å². The third kappa shape index (κ3) is 6.24. The van der Waals surface area contributed by atoms with E-state index in [1.54, 1.807) is 13.8 Å². The molecule has 5 atom stereocenters. The highest BCUT2D eigenvalue weighted by Gasteiger charge is 2.43. The Labute approximate surface area is 197 Å². The zero-order valence-electron chi connectivity index (χ0n) is 19.5. The second-order valence-corrected chi connectivity index (χ2v) is 7.92. The van der Waals surface area contributed by atoms with Crippen molar-refractivity contribution in [2.24, 2.45) is 5.92 Å². The van der Waals surface area contributed by atoms with Crippen LogP contribution in [0.3, 0.4) is 0 Å². The maximum atomic E-state index is 12.9. The fraction of sp³-hybridized carbons (Fsp3) is 0.522. The third-order valence-corrected chi connectivity index (χ3v) is 5.43. The van der Waals surface area contributed by atoms with Crippen molar-refractivity contribution in [1.82, 2.24) is 5.32 Å². The minimum absolute atomic E-state index is 0.00434. The van der Waals surface area contributed by atoms with Gasteiger partial charge in [-0.05, 0) is 38.8 Å². The molecule has 0 aromatic heterocycles. The molecule has 0 saturated carbocycles. The number of benzene rings is 1. The maximum absolute atomic E-state index is 12.9. The van der Waals surface area contributed by atoms with Crippen LogP contribution in [-0.4, -0.2) is 59.7 Å². The molecule has 2 rings (SSSR count). The molecule has 11 nitrogen and oxygen atoms in total. The monoisotopic (exact) mass is 478 g/mol. The van der Waals surface area contributed by atoms with E-state index in [9.17, 15) is 29.1 Å². The zero-order chi connectivity index (χ0) is 25.4. The van der Waals surface area contributed by atoms with Gasteiger partial charge in [0.2, 0.25) is 6.41 Å². The number of cyclic esters (lactones) is 2. The van der Waals surface area contributed by atoms with E-state index in [4.69, 9.17) is 14.2 Å². The fourth-order valence-electron chi connectivity index (χ4n) is 3.61.